The Bertz CT molecular complexity index is 957. The summed E-state index contributed by atoms with van der Waals surface area (Å²) in [5, 5.41) is 0. The maximum atomic E-state index is 13.4. The molecule has 1 aliphatic rings. The summed E-state index contributed by atoms with van der Waals surface area (Å²) in [6.45, 7) is 9.79. The minimum Gasteiger partial charge on any atom is -0.463 e. The largest absolute Gasteiger partial charge is 0.463 e. The summed E-state index contributed by atoms with van der Waals surface area (Å²) >= 11 is 0. The standard InChI is InChI=1S/C31H42F3NO2/c1-22(2)18-19-35(21-24-10-6-5-7-11-24)28-13-9-8-12-26(20-29(36)37-23(3)4)30(28)25-14-16-27(17-15-25)31(32,33)34/h5-7,10-11,14-17,22-23,26,28,30H,8-9,12-13,18-21H2,1-4H3/t26-,28-,30-/m1/s1. The molecule has 0 heterocycles. The van der Waals surface area contributed by atoms with Crippen molar-refractivity contribution in [3.63, 3.8) is 0 Å². The van der Waals surface area contributed by atoms with Crippen molar-refractivity contribution >= 4 is 5.97 Å². The van der Waals surface area contributed by atoms with Gasteiger partial charge in [0.1, 0.15) is 0 Å². The molecule has 2 aromatic rings. The Morgan fingerprint density at radius 1 is 0.973 bits per heavy atom. The van der Waals surface area contributed by atoms with Crippen molar-refractivity contribution in [3.05, 3.63) is 71.3 Å². The molecule has 0 unspecified atom stereocenters. The summed E-state index contributed by atoms with van der Waals surface area (Å²) in [6.07, 6.45) is 0.580. The second kappa shape index (κ2) is 13.5. The second-order valence-corrected chi connectivity index (χ2v) is 11.1. The van der Waals surface area contributed by atoms with Gasteiger partial charge in [0.2, 0.25) is 0 Å². The van der Waals surface area contributed by atoms with Crippen molar-refractivity contribution < 1.29 is 22.7 Å². The third kappa shape index (κ3) is 8.87. The SMILES string of the molecule is CC(C)CCN(Cc1ccccc1)[C@@H]1CCCC[C@H](CC(=O)OC(C)C)[C@H]1c1ccc(C(F)(F)F)cc1. The number of carbonyl (C=O) groups excluding carboxylic acids is 1. The lowest BCUT2D eigenvalue weighted by Crippen LogP contribution is -2.42. The van der Waals surface area contributed by atoms with E-state index in [9.17, 15) is 18.0 Å². The Morgan fingerprint density at radius 2 is 1.62 bits per heavy atom. The quantitative estimate of drug-likeness (QED) is 0.235. The van der Waals surface area contributed by atoms with Crippen LogP contribution in [0.3, 0.4) is 0 Å². The first-order valence-corrected chi connectivity index (χ1v) is 13.7. The van der Waals surface area contributed by atoms with Gasteiger partial charge in [-0.15, -0.1) is 0 Å². The normalized spacial score (nSPS) is 20.9. The molecule has 0 bridgehead atoms. The highest BCUT2D eigenvalue weighted by atomic mass is 19.4. The summed E-state index contributed by atoms with van der Waals surface area (Å²) in [7, 11) is 0. The molecule has 0 amide bonds. The van der Waals surface area contributed by atoms with Gasteiger partial charge < -0.3 is 4.74 Å². The molecule has 1 fully saturated rings. The summed E-state index contributed by atoms with van der Waals surface area (Å²) in [4.78, 5) is 15.3. The van der Waals surface area contributed by atoms with Crippen LogP contribution in [0, 0.1) is 11.8 Å². The van der Waals surface area contributed by atoms with Crippen molar-refractivity contribution in [2.45, 2.75) is 97.0 Å². The smallest absolute Gasteiger partial charge is 0.416 e. The number of halogens is 3. The number of esters is 1. The van der Waals surface area contributed by atoms with Crippen molar-refractivity contribution in [3.8, 4) is 0 Å². The van der Waals surface area contributed by atoms with Crippen LogP contribution in [-0.4, -0.2) is 29.6 Å². The molecule has 3 atom stereocenters. The molecule has 0 aliphatic heterocycles. The number of rotatable bonds is 10. The molecule has 0 spiro atoms. The number of hydrogen-bond donors (Lipinski definition) is 0. The molecule has 3 rings (SSSR count). The molecule has 37 heavy (non-hydrogen) atoms. The van der Waals surface area contributed by atoms with Gasteiger partial charge in [-0.25, -0.2) is 0 Å². The second-order valence-electron chi connectivity index (χ2n) is 11.1. The number of benzene rings is 2. The summed E-state index contributed by atoms with van der Waals surface area (Å²) in [5.41, 5.74) is 1.46. The van der Waals surface area contributed by atoms with E-state index in [2.05, 4.69) is 30.9 Å². The van der Waals surface area contributed by atoms with Crippen molar-refractivity contribution in [1.29, 1.82) is 0 Å². The molecule has 2 aromatic carbocycles. The van der Waals surface area contributed by atoms with Crippen LogP contribution in [0.4, 0.5) is 13.2 Å². The lowest BCUT2D eigenvalue weighted by Gasteiger charge is -2.40. The van der Waals surface area contributed by atoms with Crippen LogP contribution in [-0.2, 0) is 22.3 Å². The highest BCUT2D eigenvalue weighted by molar-refractivity contribution is 5.70. The molecule has 204 valence electrons. The van der Waals surface area contributed by atoms with Crippen LogP contribution in [0.5, 0.6) is 0 Å². The molecule has 1 aliphatic carbocycles. The van der Waals surface area contributed by atoms with Gasteiger partial charge in [-0.3, -0.25) is 9.69 Å². The first-order chi connectivity index (χ1) is 17.5. The Kier molecular flexibility index (Phi) is 10.6. The fraction of sp³-hybridized carbons (Fsp3) is 0.581. The van der Waals surface area contributed by atoms with Crippen LogP contribution in [0.25, 0.3) is 0 Å². The van der Waals surface area contributed by atoms with Gasteiger partial charge in [-0.2, -0.15) is 13.2 Å². The van der Waals surface area contributed by atoms with E-state index >= 15 is 0 Å². The van der Waals surface area contributed by atoms with Crippen LogP contribution in [0.15, 0.2) is 54.6 Å². The van der Waals surface area contributed by atoms with Gasteiger partial charge in [0.05, 0.1) is 11.7 Å². The first kappa shape index (κ1) is 29.2. The van der Waals surface area contributed by atoms with Gasteiger partial charge in [-0.1, -0.05) is 69.2 Å². The van der Waals surface area contributed by atoms with Gasteiger partial charge in [0, 0.05) is 24.9 Å². The van der Waals surface area contributed by atoms with Crippen molar-refractivity contribution in [2.24, 2.45) is 11.8 Å². The Labute approximate surface area is 220 Å². The van der Waals surface area contributed by atoms with E-state index in [0.29, 0.717) is 5.92 Å². The van der Waals surface area contributed by atoms with E-state index in [0.717, 1.165) is 50.8 Å². The highest BCUT2D eigenvalue weighted by Gasteiger charge is 2.38. The Balaban J connectivity index is 2.01. The summed E-state index contributed by atoms with van der Waals surface area (Å²) in [5.74, 6) is 0.257. The van der Waals surface area contributed by atoms with Gasteiger partial charge in [0.25, 0.3) is 0 Å². The van der Waals surface area contributed by atoms with Crippen LogP contribution < -0.4 is 0 Å². The predicted octanol–water partition coefficient (Wildman–Crippen LogP) is 8.24. The predicted molar refractivity (Wildman–Crippen MR) is 142 cm³/mol. The maximum absolute atomic E-state index is 13.4. The molecule has 0 aromatic heterocycles. The zero-order chi connectivity index (χ0) is 27.0. The van der Waals surface area contributed by atoms with E-state index in [1.54, 1.807) is 12.1 Å². The molecule has 3 nitrogen and oxygen atoms in total. The van der Waals surface area contributed by atoms with Crippen molar-refractivity contribution in [1.82, 2.24) is 4.90 Å². The third-order valence-electron chi connectivity index (χ3n) is 7.36. The molecule has 1 saturated carbocycles. The zero-order valence-electron chi connectivity index (χ0n) is 22.6. The lowest BCUT2D eigenvalue weighted by atomic mass is 9.77. The number of hydrogen-bond acceptors (Lipinski definition) is 3. The van der Waals surface area contributed by atoms with Crippen LogP contribution >= 0.6 is 0 Å². The zero-order valence-corrected chi connectivity index (χ0v) is 22.6. The topological polar surface area (TPSA) is 29.5 Å². The summed E-state index contributed by atoms with van der Waals surface area (Å²) < 4.78 is 45.6. The van der Waals surface area contributed by atoms with Crippen LogP contribution in [0.1, 0.15) is 88.8 Å². The number of carbonyl (C=O) groups is 1. The number of ether oxygens (including phenoxy) is 1. The molecular weight excluding hydrogens is 475 g/mol. The average molecular weight is 518 g/mol. The molecule has 6 heteroatoms. The van der Waals surface area contributed by atoms with E-state index < -0.39 is 11.7 Å². The lowest BCUT2D eigenvalue weighted by molar-refractivity contribution is -0.149. The van der Waals surface area contributed by atoms with Crippen LogP contribution in [0.2, 0.25) is 0 Å². The molecule has 0 radical (unpaired) electrons. The van der Waals surface area contributed by atoms with Gasteiger partial charge >= 0.3 is 12.1 Å². The fourth-order valence-electron chi connectivity index (χ4n) is 5.59. The van der Waals surface area contributed by atoms with E-state index in [1.807, 2.05) is 32.0 Å². The van der Waals surface area contributed by atoms with E-state index in [4.69, 9.17) is 4.74 Å². The van der Waals surface area contributed by atoms with E-state index in [1.165, 1.54) is 17.7 Å². The van der Waals surface area contributed by atoms with Gasteiger partial charge in [0.15, 0.2) is 0 Å². The fourth-order valence-corrected chi connectivity index (χ4v) is 5.59. The average Bonchev–Trinajstić information content (AvgIpc) is 3.03. The van der Waals surface area contributed by atoms with Gasteiger partial charge in [-0.05, 0) is 74.8 Å². The minimum absolute atomic E-state index is 0.00723. The minimum atomic E-state index is -4.38. The number of nitrogens with zero attached hydrogens (tertiary/aromatic N) is 1. The monoisotopic (exact) mass is 517 g/mol. The Hall–Kier alpha value is -2.34. The molecular formula is C31H42F3NO2. The van der Waals surface area contributed by atoms with E-state index in [-0.39, 0.29) is 36.4 Å². The molecule has 0 saturated heterocycles. The third-order valence-corrected chi connectivity index (χ3v) is 7.36. The Morgan fingerprint density at radius 3 is 2.22 bits per heavy atom. The highest BCUT2D eigenvalue weighted by Crippen LogP contribution is 2.42. The number of alkyl halides is 3. The summed E-state index contributed by atoms with van der Waals surface area (Å²) in [6, 6.07) is 16.1. The first-order valence-electron chi connectivity index (χ1n) is 13.7. The van der Waals surface area contributed by atoms with Crippen molar-refractivity contribution in [2.75, 3.05) is 6.54 Å². The molecule has 0 N–H and O–H groups in total. The maximum Gasteiger partial charge on any atom is 0.416 e.